The van der Waals surface area contributed by atoms with Crippen molar-refractivity contribution < 1.29 is 4.79 Å². The van der Waals surface area contributed by atoms with E-state index in [1.807, 2.05) is 18.7 Å². The zero-order valence-electron chi connectivity index (χ0n) is 13.4. The summed E-state index contributed by atoms with van der Waals surface area (Å²) >= 11 is 0. The van der Waals surface area contributed by atoms with Crippen molar-refractivity contribution in [3.8, 4) is 0 Å². The molecule has 0 aliphatic heterocycles. The maximum Gasteiger partial charge on any atom is 0.244 e. The molecule has 0 saturated heterocycles. The number of hydrogen-bond acceptors (Lipinski definition) is 3. The summed E-state index contributed by atoms with van der Waals surface area (Å²) in [6, 6.07) is 0.216. The van der Waals surface area contributed by atoms with Crippen LogP contribution < -0.4 is 5.73 Å². The van der Waals surface area contributed by atoms with E-state index in [1.165, 1.54) is 0 Å². The minimum atomic E-state index is 0.113. The zero-order valence-corrected chi connectivity index (χ0v) is 13.4. The lowest BCUT2D eigenvalue weighted by Crippen LogP contribution is -2.40. The van der Waals surface area contributed by atoms with Gasteiger partial charge < -0.3 is 10.6 Å². The van der Waals surface area contributed by atoms with Crippen LogP contribution in [-0.2, 0) is 11.3 Å². The fourth-order valence-corrected chi connectivity index (χ4v) is 2.29. The maximum absolute atomic E-state index is 12.4. The SMILES string of the molecule is CCCCCN(C(=O)Cn1nc(C)c(N)c1C)C(C)C. The summed E-state index contributed by atoms with van der Waals surface area (Å²) in [5, 5.41) is 4.33. The van der Waals surface area contributed by atoms with Crippen LogP contribution in [-0.4, -0.2) is 33.2 Å². The number of unbranched alkanes of at least 4 members (excludes halogenated alkanes) is 2. The lowest BCUT2D eigenvalue weighted by Gasteiger charge is -2.27. The molecule has 0 aliphatic rings. The van der Waals surface area contributed by atoms with Gasteiger partial charge in [-0.3, -0.25) is 9.48 Å². The number of nitrogens with two attached hydrogens (primary N) is 1. The molecule has 0 bridgehead atoms. The van der Waals surface area contributed by atoms with Gasteiger partial charge in [0, 0.05) is 12.6 Å². The van der Waals surface area contributed by atoms with E-state index in [1.54, 1.807) is 4.68 Å². The highest BCUT2D eigenvalue weighted by Gasteiger charge is 2.19. The predicted octanol–water partition coefficient (Wildman–Crippen LogP) is 2.51. The van der Waals surface area contributed by atoms with Crippen LogP contribution in [0.1, 0.15) is 51.4 Å². The summed E-state index contributed by atoms with van der Waals surface area (Å²) in [6.45, 7) is 11.1. The lowest BCUT2D eigenvalue weighted by atomic mass is 10.2. The molecule has 0 spiro atoms. The summed E-state index contributed by atoms with van der Waals surface area (Å²) < 4.78 is 1.71. The Balaban J connectivity index is 2.72. The second kappa shape index (κ2) is 7.31. The van der Waals surface area contributed by atoms with Crippen molar-refractivity contribution in [1.29, 1.82) is 0 Å². The van der Waals surface area contributed by atoms with Gasteiger partial charge in [0.25, 0.3) is 0 Å². The first-order chi connectivity index (χ1) is 9.38. The number of amides is 1. The molecule has 114 valence electrons. The number of nitrogen functional groups attached to an aromatic ring is 1. The van der Waals surface area contributed by atoms with Crippen LogP contribution in [0.25, 0.3) is 0 Å². The predicted molar refractivity (Wildman–Crippen MR) is 82.5 cm³/mol. The molecule has 2 N–H and O–H groups in total. The van der Waals surface area contributed by atoms with E-state index < -0.39 is 0 Å². The summed E-state index contributed by atoms with van der Waals surface area (Å²) in [5.74, 6) is 0.113. The average molecular weight is 280 g/mol. The van der Waals surface area contributed by atoms with Gasteiger partial charge in [0.05, 0.1) is 17.1 Å². The fraction of sp³-hybridized carbons (Fsp3) is 0.733. The Morgan fingerprint density at radius 1 is 1.35 bits per heavy atom. The van der Waals surface area contributed by atoms with Crippen molar-refractivity contribution in [3.63, 3.8) is 0 Å². The fourth-order valence-electron chi connectivity index (χ4n) is 2.29. The average Bonchev–Trinajstić information content (AvgIpc) is 2.62. The third kappa shape index (κ3) is 3.99. The molecule has 1 rings (SSSR count). The van der Waals surface area contributed by atoms with Gasteiger partial charge in [-0.25, -0.2) is 0 Å². The van der Waals surface area contributed by atoms with Crippen molar-refractivity contribution in [2.45, 2.75) is 66.5 Å². The Labute approximate surface area is 122 Å². The standard InChI is InChI=1S/C15H28N4O/c1-6-7-8-9-18(11(2)3)14(20)10-19-13(5)15(16)12(4)17-19/h11H,6-10,16H2,1-5H3. The van der Waals surface area contributed by atoms with Crippen molar-refractivity contribution in [3.05, 3.63) is 11.4 Å². The molecule has 5 nitrogen and oxygen atoms in total. The number of aromatic nitrogens is 2. The highest BCUT2D eigenvalue weighted by molar-refractivity contribution is 5.76. The molecule has 5 heteroatoms. The zero-order chi connectivity index (χ0) is 15.3. The molecular formula is C15H28N4O. The number of nitrogens with zero attached hydrogens (tertiary/aromatic N) is 3. The van der Waals surface area contributed by atoms with Crippen LogP contribution in [0.3, 0.4) is 0 Å². The van der Waals surface area contributed by atoms with Crippen molar-refractivity contribution in [2.24, 2.45) is 0 Å². The van der Waals surface area contributed by atoms with Crippen molar-refractivity contribution >= 4 is 11.6 Å². The van der Waals surface area contributed by atoms with Crippen LogP contribution in [0, 0.1) is 13.8 Å². The molecule has 0 aromatic carbocycles. The molecule has 1 aromatic rings. The van der Waals surface area contributed by atoms with Gasteiger partial charge in [0.1, 0.15) is 6.54 Å². The summed E-state index contributed by atoms with van der Waals surface area (Å²) in [7, 11) is 0. The Hall–Kier alpha value is -1.52. The third-order valence-corrected chi connectivity index (χ3v) is 3.67. The lowest BCUT2D eigenvalue weighted by molar-refractivity contribution is -0.133. The van der Waals surface area contributed by atoms with Crippen LogP contribution >= 0.6 is 0 Å². The Morgan fingerprint density at radius 2 is 2.00 bits per heavy atom. The van der Waals surface area contributed by atoms with Gasteiger partial charge in [-0.15, -0.1) is 0 Å². The minimum Gasteiger partial charge on any atom is -0.396 e. The smallest absolute Gasteiger partial charge is 0.244 e. The molecule has 1 heterocycles. The largest absolute Gasteiger partial charge is 0.396 e. The first kappa shape index (κ1) is 16.5. The van der Waals surface area contributed by atoms with E-state index >= 15 is 0 Å². The number of carbonyl (C=O) groups is 1. The summed E-state index contributed by atoms with van der Waals surface area (Å²) in [5.41, 5.74) is 8.24. The van der Waals surface area contributed by atoms with Gasteiger partial charge >= 0.3 is 0 Å². The molecule has 0 atom stereocenters. The highest BCUT2D eigenvalue weighted by Crippen LogP contribution is 2.15. The Kier molecular flexibility index (Phi) is 6.05. The quantitative estimate of drug-likeness (QED) is 0.780. The van der Waals surface area contributed by atoms with Crippen LogP contribution in [0.15, 0.2) is 0 Å². The van der Waals surface area contributed by atoms with E-state index in [-0.39, 0.29) is 18.5 Å². The molecule has 0 aliphatic carbocycles. The van der Waals surface area contributed by atoms with Gasteiger partial charge in [0.15, 0.2) is 0 Å². The van der Waals surface area contributed by atoms with Crippen LogP contribution in [0.5, 0.6) is 0 Å². The van der Waals surface area contributed by atoms with Gasteiger partial charge in [-0.05, 0) is 34.1 Å². The second-order valence-corrected chi connectivity index (χ2v) is 5.63. The van der Waals surface area contributed by atoms with E-state index in [9.17, 15) is 4.79 Å². The van der Waals surface area contributed by atoms with Crippen LogP contribution in [0.4, 0.5) is 5.69 Å². The monoisotopic (exact) mass is 280 g/mol. The van der Waals surface area contributed by atoms with E-state index in [4.69, 9.17) is 5.73 Å². The van der Waals surface area contributed by atoms with E-state index in [0.717, 1.165) is 37.2 Å². The highest BCUT2D eigenvalue weighted by atomic mass is 16.2. The molecule has 0 unspecified atom stereocenters. The Morgan fingerprint density at radius 3 is 2.45 bits per heavy atom. The number of hydrogen-bond donors (Lipinski definition) is 1. The first-order valence-electron chi connectivity index (χ1n) is 7.47. The summed E-state index contributed by atoms with van der Waals surface area (Å²) in [4.78, 5) is 14.4. The van der Waals surface area contributed by atoms with E-state index in [0.29, 0.717) is 5.69 Å². The Bertz CT molecular complexity index is 451. The number of anilines is 1. The van der Waals surface area contributed by atoms with Gasteiger partial charge in [0.2, 0.25) is 5.91 Å². The topological polar surface area (TPSA) is 64.2 Å². The van der Waals surface area contributed by atoms with Gasteiger partial charge in [-0.2, -0.15) is 5.10 Å². The normalized spacial score (nSPS) is 11.1. The molecule has 1 aromatic heterocycles. The number of aryl methyl sites for hydroxylation is 1. The van der Waals surface area contributed by atoms with Crippen LogP contribution in [0.2, 0.25) is 0 Å². The van der Waals surface area contributed by atoms with Crippen molar-refractivity contribution in [1.82, 2.24) is 14.7 Å². The molecule has 0 radical (unpaired) electrons. The minimum absolute atomic E-state index is 0.113. The molecule has 0 fully saturated rings. The first-order valence-corrected chi connectivity index (χ1v) is 7.47. The molecular weight excluding hydrogens is 252 g/mol. The number of rotatable bonds is 7. The second-order valence-electron chi connectivity index (χ2n) is 5.63. The number of carbonyl (C=O) groups excluding carboxylic acids is 1. The maximum atomic E-state index is 12.4. The van der Waals surface area contributed by atoms with E-state index in [2.05, 4.69) is 25.9 Å². The molecule has 1 amide bonds. The molecule has 20 heavy (non-hydrogen) atoms. The third-order valence-electron chi connectivity index (χ3n) is 3.67. The summed E-state index contributed by atoms with van der Waals surface area (Å²) in [6.07, 6.45) is 3.37. The van der Waals surface area contributed by atoms with Crippen molar-refractivity contribution in [2.75, 3.05) is 12.3 Å². The van der Waals surface area contributed by atoms with Gasteiger partial charge in [-0.1, -0.05) is 19.8 Å². The molecule has 0 saturated carbocycles.